The number of nitrogens with two attached hydrogens (primary N) is 1. The van der Waals surface area contributed by atoms with Gasteiger partial charge in [-0.05, 0) is 0 Å². The molecule has 120 valence electrons. The Morgan fingerprint density at radius 2 is 2.23 bits per heavy atom. The number of hydrogen-bond acceptors (Lipinski definition) is 6. The van der Waals surface area contributed by atoms with E-state index >= 15 is 0 Å². The van der Waals surface area contributed by atoms with Crippen molar-refractivity contribution in [1.29, 1.82) is 5.41 Å². The van der Waals surface area contributed by atoms with Gasteiger partial charge in [0.1, 0.15) is 5.84 Å². The molecule has 0 spiro atoms. The van der Waals surface area contributed by atoms with Crippen molar-refractivity contribution in [3.8, 4) is 0 Å². The summed E-state index contributed by atoms with van der Waals surface area (Å²) < 4.78 is 0. The lowest BCUT2D eigenvalue weighted by Crippen LogP contribution is -2.29. The number of thioether (sulfide) groups is 1. The first-order chi connectivity index (χ1) is 10.4. The summed E-state index contributed by atoms with van der Waals surface area (Å²) in [6, 6.07) is 0. The molecule has 1 aromatic heterocycles. The van der Waals surface area contributed by atoms with E-state index in [-0.39, 0.29) is 17.8 Å². The van der Waals surface area contributed by atoms with Crippen LogP contribution in [0.2, 0.25) is 0 Å². The zero-order valence-electron chi connectivity index (χ0n) is 12.3. The lowest BCUT2D eigenvalue weighted by Gasteiger charge is -2.05. The standard InChI is InChI=1S/C12H18N6O2S2/c1-7(19)15-10(16-8(2)20)3-4-21-5-9-6-22-12(17-9)18-11(13)14/h6H,3-5H2,1-2H3,(H4,13,14,17,18)(H,15,16,19,20). The molecule has 10 heteroatoms. The van der Waals surface area contributed by atoms with Crippen LogP contribution in [0.3, 0.4) is 0 Å². The minimum Gasteiger partial charge on any atom is -0.370 e. The quantitative estimate of drug-likeness (QED) is 0.348. The summed E-state index contributed by atoms with van der Waals surface area (Å²) in [5.41, 5.74) is 6.10. The van der Waals surface area contributed by atoms with Gasteiger partial charge in [0.05, 0.1) is 5.69 Å². The number of rotatable bonds is 6. The fourth-order valence-electron chi connectivity index (χ4n) is 1.43. The maximum absolute atomic E-state index is 11.0. The molecule has 0 fully saturated rings. The van der Waals surface area contributed by atoms with Crippen LogP contribution in [0, 0.1) is 5.41 Å². The maximum atomic E-state index is 11.0. The van der Waals surface area contributed by atoms with Gasteiger partial charge in [0.15, 0.2) is 11.1 Å². The normalized spacial score (nSPS) is 11.1. The number of nitrogens with zero attached hydrogens (tertiary/aromatic N) is 2. The summed E-state index contributed by atoms with van der Waals surface area (Å²) >= 11 is 2.99. The summed E-state index contributed by atoms with van der Waals surface area (Å²) in [6.45, 7) is 2.72. The number of hydrogen-bond donors (Lipinski definition) is 4. The van der Waals surface area contributed by atoms with E-state index in [1.54, 1.807) is 11.8 Å². The third-order valence-corrected chi connectivity index (χ3v) is 3.94. The van der Waals surface area contributed by atoms with Gasteiger partial charge in [0, 0.05) is 37.2 Å². The highest BCUT2D eigenvalue weighted by atomic mass is 32.2. The molecular weight excluding hydrogens is 324 g/mol. The summed E-state index contributed by atoms with van der Waals surface area (Å²) in [6.07, 6.45) is 0.493. The zero-order chi connectivity index (χ0) is 16.5. The molecule has 0 aliphatic carbocycles. The Labute approximate surface area is 136 Å². The van der Waals surface area contributed by atoms with Crippen LogP contribution >= 0.6 is 23.1 Å². The van der Waals surface area contributed by atoms with Crippen molar-refractivity contribution < 1.29 is 9.59 Å². The number of anilines is 1. The van der Waals surface area contributed by atoms with Gasteiger partial charge in [-0.15, -0.1) is 11.3 Å². The highest BCUT2D eigenvalue weighted by molar-refractivity contribution is 7.98. The molecule has 1 aromatic rings. The molecule has 1 rings (SSSR count). The number of nitrogens with one attached hydrogen (secondary N) is 3. The summed E-state index contributed by atoms with van der Waals surface area (Å²) in [5.74, 6) is 1.03. The van der Waals surface area contributed by atoms with Crippen molar-refractivity contribution >= 4 is 51.8 Å². The molecule has 2 amide bonds. The van der Waals surface area contributed by atoms with Crippen LogP contribution in [-0.2, 0) is 15.3 Å². The molecule has 0 aliphatic rings. The topological polar surface area (TPSA) is 133 Å². The fraction of sp³-hybridized carbons (Fsp3) is 0.417. The number of amides is 2. The van der Waals surface area contributed by atoms with Gasteiger partial charge in [-0.1, -0.05) is 0 Å². The zero-order valence-corrected chi connectivity index (χ0v) is 13.9. The molecule has 0 bridgehead atoms. The Morgan fingerprint density at radius 1 is 1.50 bits per heavy atom. The third kappa shape index (κ3) is 7.74. The van der Waals surface area contributed by atoms with Crippen molar-refractivity contribution in [2.45, 2.75) is 26.0 Å². The number of aliphatic imine (C=N–C) groups is 1. The predicted molar refractivity (Wildman–Crippen MR) is 90.4 cm³/mol. The Bertz CT molecular complexity index is 584. The van der Waals surface area contributed by atoms with Crippen LogP contribution in [0.15, 0.2) is 10.4 Å². The average Bonchev–Trinajstić information content (AvgIpc) is 2.79. The molecule has 8 nitrogen and oxygen atoms in total. The van der Waals surface area contributed by atoms with Crippen molar-refractivity contribution in [2.75, 3.05) is 11.1 Å². The van der Waals surface area contributed by atoms with Crippen LogP contribution in [0.4, 0.5) is 5.13 Å². The number of aromatic nitrogens is 1. The van der Waals surface area contributed by atoms with Crippen molar-refractivity contribution in [3.63, 3.8) is 0 Å². The summed E-state index contributed by atoms with van der Waals surface area (Å²) in [7, 11) is 0. The molecule has 0 saturated heterocycles. The molecular formula is C12H18N6O2S2. The smallest absolute Gasteiger partial charge is 0.244 e. The first-order valence-corrected chi connectivity index (χ1v) is 8.39. The first-order valence-electron chi connectivity index (χ1n) is 6.35. The van der Waals surface area contributed by atoms with Gasteiger partial charge in [-0.2, -0.15) is 11.8 Å². The van der Waals surface area contributed by atoms with Crippen LogP contribution < -0.4 is 16.4 Å². The molecule has 0 unspecified atom stereocenters. The maximum Gasteiger partial charge on any atom is 0.244 e. The van der Waals surface area contributed by atoms with Crippen LogP contribution in [0.25, 0.3) is 0 Å². The Morgan fingerprint density at radius 3 is 2.82 bits per heavy atom. The minimum absolute atomic E-state index is 0.144. The number of thiazole rings is 1. The van der Waals surface area contributed by atoms with Crippen molar-refractivity contribution in [1.82, 2.24) is 10.3 Å². The Balaban J connectivity index is 2.39. The third-order valence-electron chi connectivity index (χ3n) is 2.14. The molecule has 22 heavy (non-hydrogen) atoms. The summed E-state index contributed by atoms with van der Waals surface area (Å²) in [5, 5.41) is 14.8. The van der Waals surface area contributed by atoms with E-state index in [2.05, 4.69) is 20.6 Å². The van der Waals surface area contributed by atoms with E-state index in [9.17, 15) is 9.59 Å². The van der Waals surface area contributed by atoms with Gasteiger partial charge in [0.2, 0.25) is 11.8 Å². The van der Waals surface area contributed by atoms with E-state index in [0.717, 1.165) is 5.69 Å². The SMILES string of the molecule is CC(=O)N=C(CCSCc1csc(NC(=N)N)n1)NC(C)=O. The monoisotopic (exact) mass is 342 g/mol. The van der Waals surface area contributed by atoms with Crippen LogP contribution in [0.5, 0.6) is 0 Å². The second-order valence-electron chi connectivity index (χ2n) is 4.24. The molecule has 0 aliphatic heterocycles. The molecule has 0 saturated carbocycles. The van der Waals surface area contributed by atoms with Crippen molar-refractivity contribution in [2.24, 2.45) is 10.7 Å². The van der Waals surface area contributed by atoms with Gasteiger partial charge >= 0.3 is 0 Å². The molecule has 0 aromatic carbocycles. The second kappa shape index (κ2) is 9.15. The predicted octanol–water partition coefficient (Wildman–Crippen LogP) is 1.15. The molecule has 5 N–H and O–H groups in total. The summed E-state index contributed by atoms with van der Waals surface area (Å²) in [4.78, 5) is 30.1. The minimum atomic E-state index is -0.340. The average molecular weight is 342 g/mol. The van der Waals surface area contributed by atoms with E-state index < -0.39 is 0 Å². The van der Waals surface area contributed by atoms with E-state index in [0.29, 0.717) is 28.9 Å². The van der Waals surface area contributed by atoms with E-state index in [4.69, 9.17) is 11.1 Å². The van der Waals surface area contributed by atoms with Gasteiger partial charge in [-0.25, -0.2) is 9.98 Å². The Kier molecular flexibility index (Phi) is 7.54. The lowest BCUT2D eigenvalue weighted by atomic mass is 10.4. The van der Waals surface area contributed by atoms with Gasteiger partial charge in [-0.3, -0.25) is 15.0 Å². The molecule has 1 heterocycles. The lowest BCUT2D eigenvalue weighted by molar-refractivity contribution is -0.117. The first kappa shape index (κ1) is 18.1. The number of guanidine groups is 1. The highest BCUT2D eigenvalue weighted by Crippen LogP contribution is 2.19. The van der Waals surface area contributed by atoms with Crippen molar-refractivity contribution in [3.05, 3.63) is 11.1 Å². The molecule has 0 radical (unpaired) electrons. The number of carbonyl (C=O) groups is 2. The Hall–Kier alpha value is -1.94. The van der Waals surface area contributed by atoms with Gasteiger partial charge < -0.3 is 16.4 Å². The van der Waals surface area contributed by atoms with E-state index in [1.807, 2.05) is 5.38 Å². The van der Waals surface area contributed by atoms with Crippen LogP contribution in [0.1, 0.15) is 26.0 Å². The number of carbonyl (C=O) groups excluding carboxylic acids is 2. The second-order valence-corrected chi connectivity index (χ2v) is 6.21. The fourth-order valence-corrected chi connectivity index (χ4v) is 3.10. The highest BCUT2D eigenvalue weighted by Gasteiger charge is 2.06. The molecule has 0 atom stereocenters. The van der Waals surface area contributed by atoms with E-state index in [1.165, 1.54) is 25.2 Å². The van der Waals surface area contributed by atoms with Gasteiger partial charge in [0.25, 0.3) is 0 Å². The van der Waals surface area contributed by atoms with Crippen LogP contribution in [-0.4, -0.2) is 34.3 Å². The number of amidine groups is 1. The largest absolute Gasteiger partial charge is 0.370 e.